The third-order valence-electron chi connectivity index (χ3n) is 5.12. The van der Waals surface area contributed by atoms with Gasteiger partial charge >= 0.3 is 0 Å². The molecule has 5 rings (SSSR count). The number of para-hydroxylation sites is 1. The maximum absolute atomic E-state index is 6.46. The standard InChI is InChI=1S/C19H19N5OS/c1-12-14-11-15(16-21-18(23-25-16)19(20)9-5-6-10-19)26-17(14)24(22-12)13-7-3-2-4-8-13/h2-4,7-8,11H,5-6,9-10,20H2,1H3. The quantitative estimate of drug-likeness (QED) is 0.589. The summed E-state index contributed by atoms with van der Waals surface area (Å²) in [4.78, 5) is 6.64. The number of hydrogen-bond acceptors (Lipinski definition) is 6. The first-order chi connectivity index (χ1) is 12.6. The smallest absolute Gasteiger partial charge is 0.268 e. The summed E-state index contributed by atoms with van der Waals surface area (Å²) < 4.78 is 7.52. The Kier molecular flexibility index (Phi) is 3.48. The van der Waals surface area contributed by atoms with Crippen LogP contribution in [0.2, 0.25) is 0 Å². The Balaban J connectivity index is 1.58. The summed E-state index contributed by atoms with van der Waals surface area (Å²) in [7, 11) is 0. The number of hydrogen-bond donors (Lipinski definition) is 1. The summed E-state index contributed by atoms with van der Waals surface area (Å²) >= 11 is 1.61. The van der Waals surface area contributed by atoms with E-state index in [1.165, 1.54) is 0 Å². The highest BCUT2D eigenvalue weighted by atomic mass is 32.1. The van der Waals surface area contributed by atoms with Gasteiger partial charge in [-0.25, -0.2) is 4.68 Å². The SMILES string of the molecule is Cc1nn(-c2ccccc2)c2sc(-c3nc(C4(N)CCCC4)no3)cc12. The number of fused-ring (bicyclic) bond motifs is 1. The van der Waals surface area contributed by atoms with Crippen molar-refractivity contribution in [2.24, 2.45) is 5.73 Å². The molecule has 0 bridgehead atoms. The Bertz CT molecular complexity index is 1070. The Hall–Kier alpha value is -2.51. The molecule has 2 N–H and O–H groups in total. The third-order valence-corrected chi connectivity index (χ3v) is 6.22. The average Bonchev–Trinajstić information content (AvgIpc) is 3.40. The fourth-order valence-electron chi connectivity index (χ4n) is 3.65. The molecule has 0 aliphatic heterocycles. The highest BCUT2D eigenvalue weighted by molar-refractivity contribution is 7.21. The Labute approximate surface area is 154 Å². The largest absolute Gasteiger partial charge is 0.333 e. The van der Waals surface area contributed by atoms with E-state index in [-0.39, 0.29) is 0 Å². The maximum Gasteiger partial charge on any atom is 0.268 e. The van der Waals surface area contributed by atoms with Crippen molar-refractivity contribution in [3.63, 3.8) is 0 Å². The summed E-state index contributed by atoms with van der Waals surface area (Å²) in [6.07, 6.45) is 4.08. The molecule has 3 heterocycles. The predicted octanol–water partition coefficient (Wildman–Crippen LogP) is 4.17. The minimum absolute atomic E-state index is 0.435. The molecule has 132 valence electrons. The van der Waals surface area contributed by atoms with E-state index in [1.54, 1.807) is 11.3 Å². The zero-order chi connectivity index (χ0) is 17.7. The van der Waals surface area contributed by atoms with Gasteiger partial charge in [-0.3, -0.25) is 0 Å². The van der Waals surface area contributed by atoms with Crippen LogP contribution in [0.4, 0.5) is 0 Å². The second kappa shape index (κ2) is 5.75. The maximum atomic E-state index is 6.46. The van der Waals surface area contributed by atoms with Crippen LogP contribution in [-0.2, 0) is 5.54 Å². The fraction of sp³-hybridized carbons (Fsp3) is 0.316. The van der Waals surface area contributed by atoms with Gasteiger partial charge in [0.05, 0.1) is 21.8 Å². The van der Waals surface area contributed by atoms with Gasteiger partial charge in [0.15, 0.2) is 5.82 Å². The molecule has 1 aromatic carbocycles. The molecule has 1 aliphatic carbocycles. The first-order valence-electron chi connectivity index (χ1n) is 8.82. The molecule has 3 aromatic heterocycles. The van der Waals surface area contributed by atoms with E-state index in [9.17, 15) is 0 Å². The van der Waals surface area contributed by atoms with Gasteiger partial charge in [0.25, 0.3) is 5.89 Å². The Morgan fingerprint density at radius 3 is 2.73 bits per heavy atom. The van der Waals surface area contributed by atoms with E-state index in [1.807, 2.05) is 41.9 Å². The van der Waals surface area contributed by atoms with E-state index in [2.05, 4.69) is 21.3 Å². The monoisotopic (exact) mass is 365 g/mol. The Morgan fingerprint density at radius 1 is 1.19 bits per heavy atom. The molecule has 4 aromatic rings. The highest BCUT2D eigenvalue weighted by Crippen LogP contribution is 2.38. The first kappa shape index (κ1) is 15.7. The van der Waals surface area contributed by atoms with Crippen molar-refractivity contribution in [2.75, 3.05) is 0 Å². The molecule has 6 nitrogen and oxygen atoms in total. The molecular formula is C19H19N5OS. The van der Waals surface area contributed by atoms with Crippen LogP contribution >= 0.6 is 11.3 Å². The normalized spacial score (nSPS) is 16.5. The number of nitrogens with two attached hydrogens (primary N) is 1. The minimum Gasteiger partial charge on any atom is -0.333 e. The van der Waals surface area contributed by atoms with Crippen LogP contribution in [0.15, 0.2) is 40.9 Å². The lowest BCUT2D eigenvalue weighted by Gasteiger charge is -2.17. The van der Waals surface area contributed by atoms with Crippen LogP contribution in [0.5, 0.6) is 0 Å². The molecule has 1 fully saturated rings. The van der Waals surface area contributed by atoms with Crippen molar-refractivity contribution in [3.05, 3.63) is 47.9 Å². The average molecular weight is 365 g/mol. The van der Waals surface area contributed by atoms with Crippen LogP contribution in [-0.4, -0.2) is 19.9 Å². The lowest BCUT2D eigenvalue weighted by Crippen LogP contribution is -2.34. The van der Waals surface area contributed by atoms with Crippen LogP contribution in [0.3, 0.4) is 0 Å². The van der Waals surface area contributed by atoms with E-state index in [4.69, 9.17) is 10.3 Å². The zero-order valence-corrected chi connectivity index (χ0v) is 15.3. The van der Waals surface area contributed by atoms with Gasteiger partial charge in [-0.1, -0.05) is 36.2 Å². The van der Waals surface area contributed by atoms with E-state index < -0.39 is 5.54 Å². The van der Waals surface area contributed by atoms with Crippen LogP contribution in [0.25, 0.3) is 26.7 Å². The molecule has 26 heavy (non-hydrogen) atoms. The predicted molar refractivity (Wildman–Crippen MR) is 101 cm³/mol. The van der Waals surface area contributed by atoms with Crippen molar-refractivity contribution in [1.82, 2.24) is 19.9 Å². The number of benzene rings is 1. The lowest BCUT2D eigenvalue weighted by atomic mass is 9.99. The van der Waals surface area contributed by atoms with E-state index >= 15 is 0 Å². The molecule has 0 atom stereocenters. The summed E-state index contributed by atoms with van der Waals surface area (Å²) in [5, 5.41) is 9.96. The van der Waals surface area contributed by atoms with Crippen LogP contribution in [0.1, 0.15) is 37.2 Å². The van der Waals surface area contributed by atoms with Crippen molar-refractivity contribution < 1.29 is 4.52 Å². The molecule has 0 unspecified atom stereocenters. The first-order valence-corrected chi connectivity index (χ1v) is 9.64. The molecular weight excluding hydrogens is 346 g/mol. The lowest BCUT2D eigenvalue weighted by molar-refractivity contribution is 0.373. The second-order valence-corrected chi connectivity index (χ2v) is 7.98. The summed E-state index contributed by atoms with van der Waals surface area (Å²) in [6.45, 7) is 2.02. The minimum atomic E-state index is -0.435. The van der Waals surface area contributed by atoms with Gasteiger partial charge in [0.1, 0.15) is 4.83 Å². The van der Waals surface area contributed by atoms with Crippen molar-refractivity contribution in [1.29, 1.82) is 0 Å². The number of nitrogens with zero attached hydrogens (tertiary/aromatic N) is 4. The van der Waals surface area contributed by atoms with E-state index in [0.717, 1.165) is 52.2 Å². The highest BCUT2D eigenvalue weighted by Gasteiger charge is 2.36. The number of aromatic nitrogens is 4. The molecule has 0 radical (unpaired) electrons. The summed E-state index contributed by atoms with van der Waals surface area (Å²) in [5.74, 6) is 1.17. The van der Waals surface area contributed by atoms with Crippen molar-refractivity contribution >= 4 is 21.6 Å². The fourth-order valence-corrected chi connectivity index (χ4v) is 4.76. The number of aryl methyl sites for hydroxylation is 1. The molecule has 1 saturated carbocycles. The molecule has 1 aliphatic rings. The molecule has 0 saturated heterocycles. The molecule has 7 heteroatoms. The van der Waals surface area contributed by atoms with Crippen molar-refractivity contribution in [3.8, 4) is 16.5 Å². The van der Waals surface area contributed by atoms with Gasteiger partial charge in [0, 0.05) is 5.39 Å². The van der Waals surface area contributed by atoms with Gasteiger partial charge in [-0.15, -0.1) is 11.3 Å². The van der Waals surface area contributed by atoms with Gasteiger partial charge < -0.3 is 10.3 Å². The summed E-state index contributed by atoms with van der Waals surface area (Å²) in [6, 6.07) is 12.2. The third kappa shape index (κ3) is 2.39. The molecule has 0 spiro atoms. The number of rotatable bonds is 3. The zero-order valence-electron chi connectivity index (χ0n) is 14.5. The van der Waals surface area contributed by atoms with Crippen LogP contribution < -0.4 is 5.73 Å². The topological polar surface area (TPSA) is 82.8 Å². The second-order valence-electron chi connectivity index (χ2n) is 6.95. The van der Waals surface area contributed by atoms with Gasteiger partial charge in [-0.05, 0) is 38.0 Å². The van der Waals surface area contributed by atoms with Gasteiger partial charge in [0.2, 0.25) is 0 Å². The van der Waals surface area contributed by atoms with Crippen LogP contribution in [0, 0.1) is 6.92 Å². The number of thiophene rings is 1. The summed E-state index contributed by atoms with van der Waals surface area (Å²) in [5.41, 5.74) is 8.04. The van der Waals surface area contributed by atoms with Gasteiger partial charge in [-0.2, -0.15) is 10.1 Å². The Morgan fingerprint density at radius 2 is 1.96 bits per heavy atom. The molecule has 0 amide bonds. The van der Waals surface area contributed by atoms with Crippen molar-refractivity contribution in [2.45, 2.75) is 38.1 Å². The van der Waals surface area contributed by atoms with E-state index in [0.29, 0.717) is 11.7 Å².